The molecule has 132 valence electrons. The molecule has 0 spiro atoms. The topological polar surface area (TPSA) is 58.2 Å². The van der Waals surface area contributed by atoms with Crippen molar-refractivity contribution >= 4 is 27.7 Å². The fourth-order valence-electron chi connectivity index (χ4n) is 2.12. The highest BCUT2D eigenvalue weighted by molar-refractivity contribution is 9.10. The second-order valence-electron chi connectivity index (χ2n) is 5.03. The summed E-state index contributed by atoms with van der Waals surface area (Å²) in [6.07, 6.45) is -4.61. The largest absolute Gasteiger partial charge is 0.417 e. The number of rotatable bonds is 5. The predicted octanol–water partition coefficient (Wildman–Crippen LogP) is 3.63. The summed E-state index contributed by atoms with van der Waals surface area (Å²) in [7, 11) is 0. The van der Waals surface area contributed by atoms with E-state index in [0.29, 0.717) is 10.0 Å². The van der Waals surface area contributed by atoms with Crippen molar-refractivity contribution in [1.82, 2.24) is 10.6 Å². The third-order valence-corrected chi connectivity index (χ3v) is 3.98. The van der Waals surface area contributed by atoms with Crippen LogP contribution in [-0.4, -0.2) is 24.9 Å². The smallest absolute Gasteiger partial charge is 0.350 e. The molecule has 2 rings (SSSR count). The van der Waals surface area contributed by atoms with Crippen molar-refractivity contribution in [3.63, 3.8) is 0 Å². The van der Waals surface area contributed by atoms with Gasteiger partial charge in [0, 0.05) is 17.6 Å². The molecule has 0 aromatic heterocycles. The Balaban J connectivity index is 1.90. The summed E-state index contributed by atoms with van der Waals surface area (Å²) in [5, 5.41) is 4.95. The first kappa shape index (κ1) is 19.0. The van der Waals surface area contributed by atoms with Gasteiger partial charge in [-0.15, -0.1) is 0 Å². The summed E-state index contributed by atoms with van der Waals surface area (Å²) in [5.41, 5.74) is -1.02. The van der Waals surface area contributed by atoms with E-state index in [2.05, 4.69) is 26.6 Å². The van der Waals surface area contributed by atoms with E-state index < -0.39 is 23.2 Å². The Hall–Kier alpha value is -2.35. The maximum absolute atomic E-state index is 12.9. The Labute approximate surface area is 150 Å². The molecule has 0 aliphatic heterocycles. The lowest BCUT2D eigenvalue weighted by atomic mass is 10.1. The average Bonchev–Trinajstić information content (AvgIpc) is 2.58. The Morgan fingerprint density at radius 2 is 1.32 bits per heavy atom. The molecule has 0 unspecified atom stereocenters. The monoisotopic (exact) mass is 414 g/mol. The molecule has 0 bridgehead atoms. The number of carbonyl (C=O) groups excluding carboxylic acids is 2. The highest BCUT2D eigenvalue weighted by Crippen LogP contribution is 2.31. The minimum absolute atomic E-state index is 0.00121. The minimum atomic E-state index is -4.61. The number of nitrogens with one attached hydrogen (secondary N) is 2. The van der Waals surface area contributed by atoms with Crippen LogP contribution in [0.3, 0.4) is 0 Å². The normalized spacial score (nSPS) is 11.0. The van der Waals surface area contributed by atoms with E-state index in [0.717, 1.165) is 12.1 Å². The highest BCUT2D eigenvalue weighted by Gasteiger charge is 2.34. The fourth-order valence-corrected chi connectivity index (χ4v) is 2.58. The minimum Gasteiger partial charge on any atom is -0.350 e. The van der Waals surface area contributed by atoms with Crippen LogP contribution in [0.15, 0.2) is 53.0 Å². The fraction of sp³-hybridized carbons (Fsp3) is 0.176. The average molecular weight is 415 g/mol. The molecule has 2 amide bonds. The van der Waals surface area contributed by atoms with Crippen LogP contribution < -0.4 is 10.6 Å². The van der Waals surface area contributed by atoms with Crippen LogP contribution in [0.5, 0.6) is 0 Å². The number of hydrogen-bond donors (Lipinski definition) is 2. The number of halogens is 4. The first-order valence-electron chi connectivity index (χ1n) is 7.28. The molecule has 0 fully saturated rings. The lowest BCUT2D eigenvalue weighted by Gasteiger charge is -2.13. The Bertz CT molecular complexity index is 778. The van der Waals surface area contributed by atoms with E-state index >= 15 is 0 Å². The van der Waals surface area contributed by atoms with Crippen molar-refractivity contribution in [1.29, 1.82) is 0 Å². The molecule has 2 aromatic carbocycles. The molecule has 2 aromatic rings. The van der Waals surface area contributed by atoms with Gasteiger partial charge in [0.15, 0.2) is 0 Å². The van der Waals surface area contributed by atoms with Crippen molar-refractivity contribution in [2.75, 3.05) is 13.1 Å². The van der Waals surface area contributed by atoms with Gasteiger partial charge in [0.1, 0.15) is 0 Å². The quantitative estimate of drug-likeness (QED) is 0.733. The highest BCUT2D eigenvalue weighted by atomic mass is 79.9. The van der Waals surface area contributed by atoms with Gasteiger partial charge in [0.25, 0.3) is 11.8 Å². The first-order chi connectivity index (χ1) is 11.8. The summed E-state index contributed by atoms with van der Waals surface area (Å²) >= 11 is 3.25. The molecule has 0 radical (unpaired) electrons. The number of benzene rings is 2. The number of hydrogen-bond acceptors (Lipinski definition) is 2. The van der Waals surface area contributed by atoms with Gasteiger partial charge < -0.3 is 10.6 Å². The van der Waals surface area contributed by atoms with Gasteiger partial charge in [-0.25, -0.2) is 0 Å². The molecule has 0 aliphatic rings. The lowest BCUT2D eigenvalue weighted by Crippen LogP contribution is -2.35. The van der Waals surface area contributed by atoms with Crippen molar-refractivity contribution in [3.8, 4) is 0 Å². The predicted molar refractivity (Wildman–Crippen MR) is 90.3 cm³/mol. The van der Waals surface area contributed by atoms with Gasteiger partial charge in [-0.3, -0.25) is 9.59 Å². The molecule has 0 saturated carbocycles. The molecule has 0 aliphatic carbocycles. The van der Waals surface area contributed by atoms with Crippen molar-refractivity contribution < 1.29 is 22.8 Å². The Morgan fingerprint density at radius 1 is 0.840 bits per heavy atom. The van der Waals surface area contributed by atoms with Crippen LogP contribution >= 0.6 is 15.9 Å². The van der Waals surface area contributed by atoms with Gasteiger partial charge in [-0.2, -0.15) is 13.2 Å². The van der Waals surface area contributed by atoms with Crippen molar-refractivity contribution in [2.45, 2.75) is 6.18 Å². The van der Waals surface area contributed by atoms with Crippen molar-refractivity contribution in [2.24, 2.45) is 0 Å². The summed E-state index contributed by atoms with van der Waals surface area (Å²) in [4.78, 5) is 23.9. The van der Waals surface area contributed by atoms with Crippen LogP contribution in [0, 0.1) is 0 Å². The van der Waals surface area contributed by atoms with Crippen LogP contribution in [0.25, 0.3) is 0 Å². The summed E-state index contributed by atoms with van der Waals surface area (Å²) in [5.74, 6) is -1.19. The summed E-state index contributed by atoms with van der Waals surface area (Å²) < 4.78 is 39.3. The number of amides is 2. The van der Waals surface area contributed by atoms with E-state index in [1.54, 1.807) is 24.3 Å². The van der Waals surface area contributed by atoms with E-state index in [9.17, 15) is 22.8 Å². The molecule has 25 heavy (non-hydrogen) atoms. The lowest BCUT2D eigenvalue weighted by molar-refractivity contribution is -0.137. The maximum Gasteiger partial charge on any atom is 0.417 e. The van der Waals surface area contributed by atoms with E-state index in [1.807, 2.05) is 0 Å². The van der Waals surface area contributed by atoms with Crippen LogP contribution in [0.1, 0.15) is 26.3 Å². The van der Waals surface area contributed by atoms with Crippen LogP contribution in [-0.2, 0) is 6.18 Å². The van der Waals surface area contributed by atoms with Gasteiger partial charge in [0.2, 0.25) is 0 Å². The molecular weight excluding hydrogens is 401 g/mol. The van der Waals surface area contributed by atoms with Gasteiger partial charge in [-0.1, -0.05) is 24.3 Å². The molecule has 2 N–H and O–H groups in total. The zero-order valence-corrected chi connectivity index (χ0v) is 14.4. The molecule has 0 atom stereocenters. The zero-order chi connectivity index (χ0) is 18.4. The number of alkyl halides is 3. The standard InChI is InChI=1S/C17H14BrF3N2O2/c18-14-8-4-2-6-12(14)16(25)23-10-9-22-15(24)11-5-1-3-7-13(11)17(19,20)21/h1-8H,9-10H2,(H,22,24)(H,23,25). The summed E-state index contributed by atoms with van der Waals surface area (Å²) in [6.45, 7) is 0.0846. The maximum atomic E-state index is 12.9. The molecule has 0 heterocycles. The first-order valence-corrected chi connectivity index (χ1v) is 8.07. The van der Waals surface area contributed by atoms with Gasteiger partial charge in [-0.05, 0) is 40.2 Å². The Morgan fingerprint density at radius 3 is 1.88 bits per heavy atom. The second kappa shape index (κ2) is 8.15. The van der Waals surface area contributed by atoms with Crippen LogP contribution in [0.4, 0.5) is 13.2 Å². The molecular formula is C17H14BrF3N2O2. The van der Waals surface area contributed by atoms with Gasteiger partial charge >= 0.3 is 6.18 Å². The summed E-state index contributed by atoms with van der Waals surface area (Å²) in [6, 6.07) is 11.3. The van der Waals surface area contributed by atoms with E-state index in [4.69, 9.17) is 0 Å². The molecule has 0 saturated heterocycles. The number of carbonyl (C=O) groups is 2. The third kappa shape index (κ3) is 5.06. The van der Waals surface area contributed by atoms with E-state index in [1.165, 1.54) is 12.1 Å². The van der Waals surface area contributed by atoms with E-state index in [-0.39, 0.29) is 19.0 Å². The van der Waals surface area contributed by atoms with Crippen LogP contribution in [0.2, 0.25) is 0 Å². The molecule has 8 heteroatoms. The SMILES string of the molecule is O=C(NCCNC(=O)c1ccccc1C(F)(F)F)c1ccccc1Br. The second-order valence-corrected chi connectivity index (χ2v) is 5.89. The van der Waals surface area contributed by atoms with Crippen molar-refractivity contribution in [3.05, 3.63) is 69.7 Å². The van der Waals surface area contributed by atoms with Gasteiger partial charge in [0.05, 0.1) is 16.7 Å². The third-order valence-electron chi connectivity index (χ3n) is 3.29. The Kier molecular flexibility index (Phi) is 6.19. The molecule has 4 nitrogen and oxygen atoms in total. The zero-order valence-electron chi connectivity index (χ0n) is 12.9.